The first-order chi connectivity index (χ1) is 10.0. The van der Waals surface area contributed by atoms with Gasteiger partial charge in [-0.25, -0.2) is 4.98 Å². The maximum Gasteiger partial charge on any atom is 0.255 e. The fourth-order valence-electron chi connectivity index (χ4n) is 2.02. The summed E-state index contributed by atoms with van der Waals surface area (Å²) in [5, 5.41) is 3.17. The van der Waals surface area contributed by atoms with Crippen LogP contribution in [0.2, 0.25) is 5.15 Å². The molecule has 110 valence electrons. The zero-order valence-corrected chi connectivity index (χ0v) is 13.0. The predicted molar refractivity (Wildman–Crippen MR) is 84.3 cm³/mol. The van der Waals surface area contributed by atoms with E-state index >= 15 is 0 Å². The smallest absolute Gasteiger partial charge is 0.255 e. The minimum Gasteiger partial charge on any atom is -0.496 e. The second-order valence-corrected chi connectivity index (χ2v) is 5.05. The minimum absolute atomic E-state index is 0.210. The molecule has 5 heteroatoms. The number of rotatable bonds is 4. The van der Waals surface area contributed by atoms with E-state index in [1.54, 1.807) is 25.3 Å². The second kappa shape index (κ2) is 6.59. The maximum atomic E-state index is 12.3. The van der Waals surface area contributed by atoms with Crippen LogP contribution in [0, 0.1) is 6.92 Å². The van der Waals surface area contributed by atoms with Crippen LogP contribution in [0.15, 0.2) is 30.3 Å². The van der Waals surface area contributed by atoms with E-state index in [0.717, 1.165) is 23.4 Å². The number of hydrogen-bond donors (Lipinski definition) is 1. The first kappa shape index (κ1) is 15.3. The number of methoxy groups -OCH3 is 1. The quantitative estimate of drug-likeness (QED) is 0.872. The lowest BCUT2D eigenvalue weighted by molar-refractivity contribution is 0.102. The van der Waals surface area contributed by atoms with E-state index in [4.69, 9.17) is 16.3 Å². The molecule has 0 unspecified atom stereocenters. The average molecular weight is 305 g/mol. The molecule has 2 aromatic rings. The molecule has 1 aromatic carbocycles. The molecule has 0 saturated heterocycles. The van der Waals surface area contributed by atoms with Gasteiger partial charge in [-0.1, -0.05) is 18.5 Å². The molecule has 2 rings (SSSR count). The molecule has 1 aromatic heterocycles. The van der Waals surface area contributed by atoms with Crippen LogP contribution in [0.25, 0.3) is 0 Å². The van der Waals surface area contributed by atoms with Gasteiger partial charge < -0.3 is 10.1 Å². The molecule has 0 radical (unpaired) electrons. The lowest BCUT2D eigenvalue weighted by Gasteiger charge is -2.10. The summed E-state index contributed by atoms with van der Waals surface area (Å²) in [4.78, 5) is 16.4. The van der Waals surface area contributed by atoms with Crippen molar-refractivity contribution in [1.29, 1.82) is 0 Å². The lowest BCUT2D eigenvalue weighted by atomic mass is 10.1. The molecular weight excluding hydrogens is 288 g/mol. The average Bonchev–Trinajstić information content (AvgIpc) is 2.46. The minimum atomic E-state index is -0.210. The van der Waals surface area contributed by atoms with E-state index in [9.17, 15) is 4.79 Å². The molecule has 4 nitrogen and oxygen atoms in total. The normalized spacial score (nSPS) is 10.3. The summed E-state index contributed by atoms with van der Waals surface area (Å²) in [6.45, 7) is 3.89. The lowest BCUT2D eigenvalue weighted by Crippen LogP contribution is -2.13. The van der Waals surface area contributed by atoms with Crippen LogP contribution in [0.1, 0.15) is 28.5 Å². The number of aromatic nitrogens is 1. The van der Waals surface area contributed by atoms with Crippen LogP contribution in [0.3, 0.4) is 0 Å². The summed E-state index contributed by atoms with van der Waals surface area (Å²) in [7, 11) is 1.62. The van der Waals surface area contributed by atoms with Crippen LogP contribution in [-0.4, -0.2) is 18.0 Å². The molecular formula is C16H17ClN2O2. The first-order valence-electron chi connectivity index (χ1n) is 6.66. The van der Waals surface area contributed by atoms with E-state index in [0.29, 0.717) is 16.4 Å². The van der Waals surface area contributed by atoms with Crippen LogP contribution < -0.4 is 10.1 Å². The molecule has 0 aliphatic heterocycles. The fraction of sp³-hybridized carbons (Fsp3) is 0.250. The Morgan fingerprint density at radius 2 is 2.10 bits per heavy atom. The Hall–Kier alpha value is -2.07. The summed E-state index contributed by atoms with van der Waals surface area (Å²) in [6.07, 6.45) is 0.725. The number of hydrogen-bond acceptors (Lipinski definition) is 3. The zero-order chi connectivity index (χ0) is 15.4. The van der Waals surface area contributed by atoms with Crippen molar-refractivity contribution in [2.75, 3.05) is 12.4 Å². The number of pyridine rings is 1. The molecule has 0 saturated carbocycles. The number of nitrogens with zero attached hydrogens (tertiary/aromatic N) is 1. The van der Waals surface area contributed by atoms with Gasteiger partial charge in [0, 0.05) is 16.9 Å². The molecule has 0 aliphatic rings. The number of ether oxygens (including phenoxy) is 1. The summed E-state index contributed by atoms with van der Waals surface area (Å²) in [5.41, 5.74) is 2.96. The van der Waals surface area contributed by atoms with Gasteiger partial charge in [0.15, 0.2) is 0 Å². The molecule has 1 amide bonds. The highest BCUT2D eigenvalue weighted by Crippen LogP contribution is 2.22. The number of carbonyl (C=O) groups is 1. The second-order valence-electron chi connectivity index (χ2n) is 4.66. The third-order valence-corrected chi connectivity index (χ3v) is 3.32. The maximum absolute atomic E-state index is 12.3. The third-order valence-electron chi connectivity index (χ3n) is 3.12. The number of halogens is 1. The number of aryl methyl sites for hydroxylation is 2. The molecule has 1 heterocycles. The van der Waals surface area contributed by atoms with Gasteiger partial charge in [-0.3, -0.25) is 4.79 Å². The molecule has 0 fully saturated rings. The van der Waals surface area contributed by atoms with Crippen molar-refractivity contribution in [1.82, 2.24) is 4.98 Å². The number of benzene rings is 1. The number of anilines is 1. The van der Waals surface area contributed by atoms with Gasteiger partial charge in [-0.2, -0.15) is 0 Å². The van der Waals surface area contributed by atoms with Gasteiger partial charge in [0.2, 0.25) is 0 Å². The standard InChI is InChI=1S/C16H17ClN2O2/c1-4-12-8-11(9-15(17)18-12)16(20)19-13-5-6-14(21-3)10(2)7-13/h5-9H,4H2,1-3H3,(H,19,20). The SMILES string of the molecule is CCc1cc(C(=O)Nc2ccc(OC)c(C)c2)cc(Cl)n1. The highest BCUT2D eigenvalue weighted by Gasteiger charge is 2.10. The number of nitrogens with one attached hydrogen (secondary N) is 1. The van der Waals surface area contributed by atoms with Crippen LogP contribution >= 0.6 is 11.6 Å². The summed E-state index contributed by atoms with van der Waals surface area (Å²) in [5.74, 6) is 0.576. The third kappa shape index (κ3) is 3.73. The van der Waals surface area contributed by atoms with Crippen LogP contribution in [-0.2, 0) is 6.42 Å². The monoisotopic (exact) mass is 304 g/mol. The van der Waals surface area contributed by atoms with Gasteiger partial charge in [-0.05, 0) is 49.2 Å². The van der Waals surface area contributed by atoms with Crippen molar-refractivity contribution >= 4 is 23.2 Å². The molecule has 0 atom stereocenters. The zero-order valence-electron chi connectivity index (χ0n) is 12.2. The highest BCUT2D eigenvalue weighted by molar-refractivity contribution is 6.29. The van der Waals surface area contributed by atoms with Gasteiger partial charge in [0.1, 0.15) is 10.9 Å². The van der Waals surface area contributed by atoms with Crippen molar-refractivity contribution in [3.8, 4) is 5.75 Å². The van der Waals surface area contributed by atoms with E-state index < -0.39 is 0 Å². The van der Waals surface area contributed by atoms with Crippen LogP contribution in [0.4, 0.5) is 5.69 Å². The Balaban J connectivity index is 2.21. The first-order valence-corrected chi connectivity index (χ1v) is 7.03. The summed E-state index contributed by atoms with van der Waals surface area (Å²) < 4.78 is 5.20. The molecule has 21 heavy (non-hydrogen) atoms. The molecule has 0 bridgehead atoms. The van der Waals surface area contributed by atoms with E-state index in [2.05, 4.69) is 10.3 Å². The number of carbonyl (C=O) groups excluding carboxylic acids is 1. The number of amides is 1. The Morgan fingerprint density at radius 3 is 2.71 bits per heavy atom. The molecule has 0 aliphatic carbocycles. The summed E-state index contributed by atoms with van der Waals surface area (Å²) in [6, 6.07) is 8.79. The van der Waals surface area contributed by atoms with Gasteiger partial charge in [0.05, 0.1) is 7.11 Å². The Kier molecular flexibility index (Phi) is 4.81. The van der Waals surface area contributed by atoms with Crippen molar-refractivity contribution in [3.05, 3.63) is 52.3 Å². The van der Waals surface area contributed by atoms with Crippen molar-refractivity contribution in [2.24, 2.45) is 0 Å². The Morgan fingerprint density at radius 1 is 1.33 bits per heavy atom. The molecule has 0 spiro atoms. The van der Waals surface area contributed by atoms with Gasteiger partial charge >= 0.3 is 0 Å². The Labute approximate surface area is 129 Å². The topological polar surface area (TPSA) is 51.2 Å². The largest absolute Gasteiger partial charge is 0.496 e. The predicted octanol–water partition coefficient (Wildman–Crippen LogP) is 3.87. The van der Waals surface area contributed by atoms with Crippen LogP contribution in [0.5, 0.6) is 5.75 Å². The van der Waals surface area contributed by atoms with Crippen molar-refractivity contribution in [3.63, 3.8) is 0 Å². The van der Waals surface area contributed by atoms with E-state index in [1.807, 2.05) is 26.0 Å². The van der Waals surface area contributed by atoms with Gasteiger partial charge in [-0.15, -0.1) is 0 Å². The van der Waals surface area contributed by atoms with Crippen molar-refractivity contribution < 1.29 is 9.53 Å². The van der Waals surface area contributed by atoms with E-state index in [1.165, 1.54) is 0 Å². The van der Waals surface area contributed by atoms with Gasteiger partial charge in [0.25, 0.3) is 5.91 Å². The fourth-order valence-corrected chi connectivity index (χ4v) is 2.25. The summed E-state index contributed by atoms with van der Waals surface area (Å²) >= 11 is 5.93. The Bertz CT molecular complexity index is 671. The van der Waals surface area contributed by atoms with E-state index in [-0.39, 0.29) is 5.91 Å². The highest BCUT2D eigenvalue weighted by atomic mass is 35.5. The van der Waals surface area contributed by atoms with Crippen molar-refractivity contribution in [2.45, 2.75) is 20.3 Å². The molecule has 1 N–H and O–H groups in total.